The van der Waals surface area contributed by atoms with Gasteiger partial charge in [-0.3, -0.25) is 9.59 Å². The first-order valence-electron chi connectivity index (χ1n) is 7.81. The molecule has 0 saturated carbocycles. The first kappa shape index (κ1) is 21.4. The molecule has 0 unspecified atom stereocenters. The number of halogens is 3. The second-order valence-corrected chi connectivity index (χ2v) is 9.20. The number of hydrogen-bond donors (Lipinski definition) is 0. The molecule has 0 aromatic heterocycles. The van der Waals surface area contributed by atoms with Gasteiger partial charge in [0, 0.05) is 16.4 Å². The van der Waals surface area contributed by atoms with Gasteiger partial charge in [-0.15, -0.1) is 5.06 Å². The van der Waals surface area contributed by atoms with Crippen molar-refractivity contribution in [3.63, 3.8) is 0 Å². The van der Waals surface area contributed by atoms with Gasteiger partial charge in [-0.2, -0.15) is 0 Å². The van der Waals surface area contributed by atoms with Gasteiger partial charge in [-0.1, -0.05) is 0 Å². The minimum Gasteiger partial charge on any atom is -0.421 e. The van der Waals surface area contributed by atoms with Crippen molar-refractivity contribution in [3.05, 3.63) is 58.2 Å². The molecule has 7 nitrogen and oxygen atoms in total. The van der Waals surface area contributed by atoms with Crippen LogP contribution < -0.4 is 4.74 Å². The minimum atomic E-state index is -0.856. The van der Waals surface area contributed by atoms with Gasteiger partial charge < -0.3 is 9.57 Å². The summed E-state index contributed by atoms with van der Waals surface area (Å²) in [5.41, 5.74) is 0.345. The fourth-order valence-electron chi connectivity index (χ4n) is 2.31. The van der Waals surface area contributed by atoms with Crippen LogP contribution in [0.5, 0.6) is 5.75 Å². The monoisotopic (exact) mass is 717 g/mol. The van der Waals surface area contributed by atoms with Gasteiger partial charge in [0.15, 0.2) is 5.75 Å². The summed E-state index contributed by atoms with van der Waals surface area (Å²) in [6, 6.07) is 9.36. The lowest BCUT2D eigenvalue weighted by molar-refractivity contribution is -0.172. The smallest absolute Gasteiger partial charge is 0.363 e. The van der Waals surface area contributed by atoms with Gasteiger partial charge in [-0.25, -0.2) is 9.59 Å². The summed E-state index contributed by atoms with van der Waals surface area (Å²) >= 11 is 6.38. The Morgan fingerprint density at radius 2 is 1.29 bits per heavy atom. The highest BCUT2D eigenvalue weighted by molar-refractivity contribution is 14.1. The largest absolute Gasteiger partial charge is 0.421 e. The molecular formula is C18H10I3NO6. The van der Waals surface area contributed by atoms with Crippen molar-refractivity contribution in [3.8, 4) is 5.75 Å². The Morgan fingerprint density at radius 1 is 0.821 bits per heavy atom. The number of esters is 1. The molecule has 3 rings (SSSR count). The minimum absolute atomic E-state index is 0.0209. The molecule has 1 heterocycles. The van der Waals surface area contributed by atoms with Crippen LogP contribution >= 0.6 is 67.8 Å². The number of ether oxygens (including phenoxy) is 1. The summed E-state index contributed by atoms with van der Waals surface area (Å²) in [5, 5.41) is 0.477. The Bertz CT molecular complexity index is 950. The molecule has 1 aliphatic rings. The number of rotatable bonds is 4. The highest BCUT2D eigenvalue weighted by Crippen LogP contribution is 2.30. The normalized spacial score (nSPS) is 13.6. The van der Waals surface area contributed by atoms with E-state index in [9.17, 15) is 19.2 Å². The SMILES string of the molecule is O=C(Oc1c(I)cc(I)cc1I)c1ccc(C(=O)ON2C(=O)CCC2=O)cc1. The van der Waals surface area contributed by atoms with E-state index in [1.54, 1.807) is 0 Å². The van der Waals surface area contributed by atoms with E-state index in [4.69, 9.17) is 9.57 Å². The summed E-state index contributed by atoms with van der Waals surface area (Å²) < 4.78 is 8.13. The lowest BCUT2D eigenvalue weighted by Crippen LogP contribution is -2.32. The summed E-state index contributed by atoms with van der Waals surface area (Å²) in [6.45, 7) is 0. The van der Waals surface area contributed by atoms with Crippen molar-refractivity contribution in [2.45, 2.75) is 12.8 Å². The van der Waals surface area contributed by atoms with E-state index in [0.29, 0.717) is 10.8 Å². The molecule has 0 radical (unpaired) electrons. The molecule has 10 heteroatoms. The first-order valence-corrected chi connectivity index (χ1v) is 11.0. The highest BCUT2D eigenvalue weighted by atomic mass is 127. The van der Waals surface area contributed by atoms with Gasteiger partial charge in [0.1, 0.15) is 0 Å². The number of hydroxylamine groups is 2. The van der Waals surface area contributed by atoms with E-state index in [1.807, 2.05) is 12.1 Å². The van der Waals surface area contributed by atoms with Crippen LogP contribution in [0.3, 0.4) is 0 Å². The van der Waals surface area contributed by atoms with E-state index in [2.05, 4.69) is 67.8 Å². The molecule has 144 valence electrons. The number of carbonyl (C=O) groups excluding carboxylic acids is 4. The topological polar surface area (TPSA) is 90.0 Å². The van der Waals surface area contributed by atoms with E-state index >= 15 is 0 Å². The molecule has 1 saturated heterocycles. The number of nitrogens with zero attached hydrogens (tertiary/aromatic N) is 1. The van der Waals surface area contributed by atoms with Crippen LogP contribution in [0, 0.1) is 10.7 Å². The molecule has 0 spiro atoms. The molecule has 1 fully saturated rings. The van der Waals surface area contributed by atoms with Crippen molar-refractivity contribution in [1.29, 1.82) is 0 Å². The fourth-order valence-corrected chi connectivity index (χ4v) is 6.12. The van der Waals surface area contributed by atoms with Gasteiger partial charge in [0.2, 0.25) is 0 Å². The maximum Gasteiger partial charge on any atom is 0.363 e. The molecule has 2 amide bonds. The van der Waals surface area contributed by atoms with Crippen LogP contribution in [0.1, 0.15) is 33.6 Å². The summed E-state index contributed by atoms with van der Waals surface area (Å²) in [7, 11) is 0. The van der Waals surface area contributed by atoms with Crippen molar-refractivity contribution in [2.75, 3.05) is 0 Å². The van der Waals surface area contributed by atoms with E-state index in [1.165, 1.54) is 24.3 Å². The standard InChI is InChI=1S/C18H10I3NO6/c19-11-7-12(20)16(13(21)8-11)27-17(25)9-1-3-10(4-2-9)18(26)28-22-14(23)5-6-15(22)24/h1-4,7-8H,5-6H2. The Labute approximate surface area is 200 Å². The van der Waals surface area contributed by atoms with E-state index in [0.717, 1.165) is 10.7 Å². The van der Waals surface area contributed by atoms with E-state index < -0.39 is 23.8 Å². The quantitative estimate of drug-likeness (QED) is 0.206. The lowest BCUT2D eigenvalue weighted by Gasteiger charge is -2.12. The van der Waals surface area contributed by atoms with Gasteiger partial charge in [-0.05, 0) is 104 Å². The zero-order valence-electron chi connectivity index (χ0n) is 13.9. The third-order valence-electron chi connectivity index (χ3n) is 3.69. The van der Waals surface area contributed by atoms with Crippen molar-refractivity contribution in [2.24, 2.45) is 0 Å². The molecular weight excluding hydrogens is 707 g/mol. The molecule has 0 N–H and O–H groups in total. The highest BCUT2D eigenvalue weighted by Gasteiger charge is 2.33. The molecule has 2 aromatic carbocycles. The fraction of sp³-hybridized carbons (Fsp3) is 0.111. The maximum atomic E-state index is 12.4. The maximum absolute atomic E-state index is 12.4. The summed E-state index contributed by atoms with van der Waals surface area (Å²) in [4.78, 5) is 52.4. The third kappa shape index (κ3) is 4.82. The lowest BCUT2D eigenvalue weighted by atomic mass is 10.1. The van der Waals surface area contributed by atoms with Crippen LogP contribution in [0.25, 0.3) is 0 Å². The molecule has 28 heavy (non-hydrogen) atoms. The van der Waals surface area contributed by atoms with E-state index in [-0.39, 0.29) is 24.0 Å². The Balaban J connectivity index is 1.70. The molecule has 1 aliphatic heterocycles. The van der Waals surface area contributed by atoms with Crippen LogP contribution in [0.4, 0.5) is 0 Å². The predicted molar refractivity (Wildman–Crippen MR) is 122 cm³/mol. The number of carbonyl (C=O) groups is 4. The summed E-state index contributed by atoms with van der Waals surface area (Å²) in [6.07, 6.45) is 0.0417. The van der Waals surface area contributed by atoms with Crippen LogP contribution in [-0.2, 0) is 14.4 Å². The number of benzene rings is 2. The van der Waals surface area contributed by atoms with Gasteiger partial charge >= 0.3 is 11.9 Å². The zero-order chi connectivity index (χ0) is 20.4. The van der Waals surface area contributed by atoms with Crippen LogP contribution in [0.2, 0.25) is 0 Å². The Kier molecular flexibility index (Phi) is 6.90. The predicted octanol–water partition coefficient (Wildman–Crippen LogP) is 3.94. The molecule has 0 atom stereocenters. The average Bonchev–Trinajstić information content (AvgIpc) is 2.96. The van der Waals surface area contributed by atoms with Crippen molar-refractivity contribution >= 4 is 91.5 Å². The molecule has 2 aromatic rings. The number of amides is 2. The Hall–Kier alpha value is -1.29. The first-order chi connectivity index (χ1) is 13.3. The summed E-state index contributed by atoms with van der Waals surface area (Å²) in [5.74, 6) is -2.06. The average molecular weight is 717 g/mol. The Morgan fingerprint density at radius 3 is 1.79 bits per heavy atom. The second-order valence-electron chi connectivity index (χ2n) is 5.63. The third-order valence-corrected chi connectivity index (χ3v) is 5.92. The number of imide groups is 1. The van der Waals surface area contributed by atoms with Crippen LogP contribution in [0.15, 0.2) is 36.4 Å². The molecule has 0 bridgehead atoms. The van der Waals surface area contributed by atoms with Gasteiger partial charge in [0.25, 0.3) is 11.8 Å². The van der Waals surface area contributed by atoms with Crippen LogP contribution in [-0.4, -0.2) is 28.8 Å². The van der Waals surface area contributed by atoms with Crippen molar-refractivity contribution in [1.82, 2.24) is 5.06 Å². The molecule has 0 aliphatic carbocycles. The van der Waals surface area contributed by atoms with Gasteiger partial charge in [0.05, 0.1) is 18.3 Å². The second kappa shape index (κ2) is 9.02. The zero-order valence-corrected chi connectivity index (χ0v) is 20.4. The van der Waals surface area contributed by atoms with Crippen molar-refractivity contribution < 1.29 is 28.8 Å². The number of hydrogen-bond acceptors (Lipinski definition) is 6.